The van der Waals surface area contributed by atoms with E-state index < -0.39 is 39.0 Å². The Kier molecular flexibility index (Phi) is 6.83. The van der Waals surface area contributed by atoms with E-state index in [4.69, 9.17) is 5.14 Å². The third-order valence-corrected chi connectivity index (χ3v) is 8.98. The van der Waals surface area contributed by atoms with Gasteiger partial charge in [-0.1, -0.05) is 42.5 Å². The van der Waals surface area contributed by atoms with Crippen LogP contribution in [-0.4, -0.2) is 32.5 Å². The number of para-hydroxylation sites is 1. The summed E-state index contributed by atoms with van der Waals surface area (Å²) in [5, 5.41) is 16.9. The Morgan fingerprint density at radius 3 is 2.21 bits per heavy atom. The molecule has 2 heterocycles. The van der Waals surface area contributed by atoms with E-state index in [1.54, 1.807) is 24.3 Å². The highest BCUT2D eigenvalue weighted by Crippen LogP contribution is 2.45. The number of nitrogens with zero attached hydrogens (tertiary/aromatic N) is 2. The number of nitrogens with two attached hydrogens (primary N) is 1. The molecule has 0 radical (unpaired) electrons. The van der Waals surface area contributed by atoms with Crippen LogP contribution in [0.25, 0.3) is 0 Å². The van der Waals surface area contributed by atoms with Crippen LogP contribution in [0.4, 0.5) is 24.5 Å². The summed E-state index contributed by atoms with van der Waals surface area (Å²) in [7, 11) is -3.94. The topological polar surface area (TPSA) is 104 Å². The second kappa shape index (κ2) is 10.3. The number of primary sulfonamides is 1. The van der Waals surface area contributed by atoms with Gasteiger partial charge in [-0.05, 0) is 65.6 Å². The number of benzene rings is 4. The summed E-state index contributed by atoms with van der Waals surface area (Å²) in [5.41, 5.74) is 1.23. The van der Waals surface area contributed by atoms with Crippen molar-refractivity contribution >= 4 is 27.3 Å². The highest BCUT2D eigenvalue weighted by atomic mass is 32.2. The van der Waals surface area contributed by atoms with E-state index in [0.717, 1.165) is 23.4 Å². The zero-order valence-electron chi connectivity index (χ0n) is 22.2. The molecular formula is C31H26F3N3O4S. The lowest BCUT2D eigenvalue weighted by Crippen LogP contribution is -2.40. The van der Waals surface area contributed by atoms with Gasteiger partial charge in [-0.3, -0.25) is 4.79 Å². The summed E-state index contributed by atoms with van der Waals surface area (Å²) in [6.07, 6.45) is 0.655. The van der Waals surface area contributed by atoms with Gasteiger partial charge in [0.25, 0.3) is 5.91 Å². The number of hydrogen-bond acceptors (Lipinski definition) is 5. The van der Waals surface area contributed by atoms with Crippen molar-refractivity contribution in [3.05, 3.63) is 125 Å². The fourth-order valence-electron chi connectivity index (χ4n) is 5.83. The van der Waals surface area contributed by atoms with Crippen LogP contribution >= 0.6 is 0 Å². The van der Waals surface area contributed by atoms with Gasteiger partial charge in [-0.25, -0.2) is 26.7 Å². The summed E-state index contributed by atoms with van der Waals surface area (Å²) in [6, 6.07) is 21.8. The van der Waals surface area contributed by atoms with Crippen molar-refractivity contribution in [3.63, 3.8) is 0 Å². The zero-order chi connectivity index (χ0) is 29.8. The Bertz CT molecular complexity index is 1780. The van der Waals surface area contributed by atoms with E-state index in [1.165, 1.54) is 29.2 Å². The molecule has 0 aromatic heterocycles. The average Bonchev–Trinajstić information content (AvgIpc) is 3.55. The lowest BCUT2D eigenvalue weighted by Gasteiger charge is -2.24. The second-order valence-electron chi connectivity index (χ2n) is 10.6. The molecule has 2 atom stereocenters. The Hall–Kier alpha value is -4.19. The molecule has 3 N–H and O–H groups in total. The number of anilines is 2. The molecule has 4 aromatic carbocycles. The molecule has 0 aliphatic carbocycles. The molecule has 6 rings (SSSR count). The minimum absolute atomic E-state index is 0.133. The van der Waals surface area contributed by atoms with E-state index in [9.17, 15) is 31.5 Å². The van der Waals surface area contributed by atoms with Crippen LogP contribution in [0, 0.1) is 17.5 Å². The first kappa shape index (κ1) is 28.0. The van der Waals surface area contributed by atoms with Gasteiger partial charge in [0.05, 0.1) is 17.1 Å². The van der Waals surface area contributed by atoms with Gasteiger partial charge >= 0.3 is 0 Å². The lowest BCUT2D eigenvalue weighted by atomic mass is 9.87. The van der Waals surface area contributed by atoms with Gasteiger partial charge < -0.3 is 14.9 Å². The fraction of sp³-hybridized carbons (Fsp3) is 0.194. The van der Waals surface area contributed by atoms with Crippen molar-refractivity contribution in [2.45, 2.75) is 29.4 Å². The van der Waals surface area contributed by atoms with Crippen molar-refractivity contribution in [1.82, 2.24) is 0 Å². The molecule has 0 bridgehead atoms. The van der Waals surface area contributed by atoms with E-state index in [0.29, 0.717) is 36.3 Å². The maximum atomic E-state index is 13.7. The van der Waals surface area contributed by atoms with Crippen molar-refractivity contribution in [3.8, 4) is 0 Å². The van der Waals surface area contributed by atoms with Gasteiger partial charge in [0.1, 0.15) is 0 Å². The highest BCUT2D eigenvalue weighted by Gasteiger charge is 2.51. The number of fused-ring (bicyclic) bond motifs is 1. The molecular weight excluding hydrogens is 567 g/mol. The summed E-state index contributed by atoms with van der Waals surface area (Å²) in [5.74, 6) is -4.58. The summed E-state index contributed by atoms with van der Waals surface area (Å²) >= 11 is 0. The van der Waals surface area contributed by atoms with Gasteiger partial charge in [0.2, 0.25) is 10.0 Å². The predicted molar refractivity (Wildman–Crippen MR) is 151 cm³/mol. The number of carbonyl (C=O) groups is 1. The Morgan fingerprint density at radius 2 is 1.57 bits per heavy atom. The highest BCUT2D eigenvalue weighted by molar-refractivity contribution is 7.89. The first-order chi connectivity index (χ1) is 20.0. The molecule has 2 aliphatic rings. The van der Waals surface area contributed by atoms with Crippen LogP contribution < -0.4 is 14.9 Å². The SMILES string of the molecule is NS(=O)(=O)c1ccc(C2(O)C(=O)N(Cc3ccc(N4CCC(c5cc(F)c(F)c(F)c5)C4)cc3)c3ccccc32)cc1. The van der Waals surface area contributed by atoms with Crippen LogP contribution in [0.5, 0.6) is 0 Å². The monoisotopic (exact) mass is 593 g/mol. The number of amides is 1. The van der Waals surface area contributed by atoms with Gasteiger partial charge in [-0.2, -0.15) is 0 Å². The first-order valence-corrected chi connectivity index (χ1v) is 14.8. The second-order valence-corrected chi connectivity index (χ2v) is 12.1. The molecule has 1 saturated heterocycles. The number of aliphatic hydroxyl groups is 1. The zero-order valence-corrected chi connectivity index (χ0v) is 23.0. The van der Waals surface area contributed by atoms with Crippen LogP contribution in [0.15, 0.2) is 89.8 Å². The van der Waals surface area contributed by atoms with E-state index >= 15 is 0 Å². The molecule has 4 aromatic rings. The van der Waals surface area contributed by atoms with Gasteiger partial charge in [0.15, 0.2) is 23.1 Å². The Labute approximate surface area is 240 Å². The molecule has 216 valence electrons. The van der Waals surface area contributed by atoms with E-state index in [1.807, 2.05) is 24.3 Å². The lowest BCUT2D eigenvalue weighted by molar-refractivity contribution is -0.132. The number of sulfonamides is 1. The van der Waals surface area contributed by atoms with Gasteiger partial charge in [-0.15, -0.1) is 0 Å². The van der Waals surface area contributed by atoms with Crippen LogP contribution in [0.1, 0.15) is 34.6 Å². The molecule has 11 heteroatoms. The summed E-state index contributed by atoms with van der Waals surface area (Å²) < 4.78 is 64.3. The molecule has 1 fully saturated rings. The number of rotatable bonds is 6. The first-order valence-electron chi connectivity index (χ1n) is 13.2. The largest absolute Gasteiger partial charge is 0.372 e. The quantitative estimate of drug-likeness (QED) is 0.320. The number of halogens is 3. The average molecular weight is 594 g/mol. The number of hydrogen-bond donors (Lipinski definition) is 2. The van der Waals surface area contributed by atoms with Gasteiger partial charge in [0, 0.05) is 30.3 Å². The Morgan fingerprint density at radius 1 is 0.929 bits per heavy atom. The number of carbonyl (C=O) groups excluding carboxylic acids is 1. The maximum absolute atomic E-state index is 13.7. The van der Waals surface area contributed by atoms with Crippen molar-refractivity contribution in [1.29, 1.82) is 0 Å². The van der Waals surface area contributed by atoms with Crippen molar-refractivity contribution in [2.75, 3.05) is 22.9 Å². The van der Waals surface area contributed by atoms with Crippen molar-refractivity contribution < 1.29 is 31.5 Å². The summed E-state index contributed by atoms with van der Waals surface area (Å²) in [6.45, 7) is 1.34. The molecule has 0 saturated carbocycles. The Balaban J connectivity index is 1.21. The summed E-state index contributed by atoms with van der Waals surface area (Å²) in [4.78, 5) is 17.2. The third-order valence-electron chi connectivity index (χ3n) is 8.05. The minimum atomic E-state index is -3.94. The van der Waals surface area contributed by atoms with Crippen LogP contribution in [-0.2, 0) is 27.0 Å². The predicted octanol–water partition coefficient (Wildman–Crippen LogP) is 4.53. The van der Waals surface area contributed by atoms with Crippen molar-refractivity contribution in [2.24, 2.45) is 5.14 Å². The normalized spacial score (nSPS) is 20.3. The minimum Gasteiger partial charge on any atom is -0.372 e. The van der Waals surface area contributed by atoms with E-state index in [-0.39, 0.29) is 22.9 Å². The molecule has 2 unspecified atom stereocenters. The molecule has 42 heavy (non-hydrogen) atoms. The molecule has 2 aliphatic heterocycles. The standard InChI is InChI=1S/C31H26F3N3O4S/c32-26-15-21(16-27(33)29(26)34)20-13-14-36(18-20)23-9-5-19(6-10-23)17-37-28-4-2-1-3-25(28)31(39,30(37)38)22-7-11-24(12-8-22)42(35,40)41/h1-12,15-16,20,39H,13-14,17-18H2,(H2,35,40,41). The van der Waals surface area contributed by atoms with Crippen LogP contribution in [0.2, 0.25) is 0 Å². The maximum Gasteiger partial charge on any atom is 0.268 e. The fourth-order valence-corrected chi connectivity index (χ4v) is 6.34. The van der Waals surface area contributed by atoms with E-state index in [2.05, 4.69) is 4.90 Å². The molecule has 0 spiro atoms. The van der Waals surface area contributed by atoms with Crippen LogP contribution in [0.3, 0.4) is 0 Å². The smallest absolute Gasteiger partial charge is 0.268 e. The third kappa shape index (κ3) is 4.73. The molecule has 1 amide bonds. The molecule has 7 nitrogen and oxygen atoms in total.